The summed E-state index contributed by atoms with van der Waals surface area (Å²) in [6.45, 7) is 8.67. The summed E-state index contributed by atoms with van der Waals surface area (Å²) in [6, 6.07) is 8.03. The van der Waals surface area contributed by atoms with Gasteiger partial charge in [0, 0.05) is 6.42 Å². The normalized spacial score (nSPS) is 18.2. The molecule has 1 heterocycles. The van der Waals surface area contributed by atoms with Crippen LogP contribution in [0.25, 0.3) is 0 Å². The van der Waals surface area contributed by atoms with Crippen LogP contribution in [0.2, 0.25) is 0 Å². The molecule has 1 aliphatic rings. The van der Waals surface area contributed by atoms with Gasteiger partial charge in [0.2, 0.25) is 5.91 Å². The third-order valence-corrected chi connectivity index (χ3v) is 5.15. The second-order valence-electron chi connectivity index (χ2n) is 7.33. The Morgan fingerprint density at radius 2 is 1.83 bits per heavy atom. The van der Waals surface area contributed by atoms with Gasteiger partial charge in [0.25, 0.3) is 0 Å². The third kappa shape index (κ3) is 5.23. The zero-order valence-electron chi connectivity index (χ0n) is 15.5. The number of hydrogen-bond acceptors (Lipinski definition) is 3. The van der Waals surface area contributed by atoms with Crippen LogP contribution in [0.3, 0.4) is 0 Å². The van der Waals surface area contributed by atoms with Crippen molar-refractivity contribution in [1.82, 2.24) is 10.6 Å². The average molecular weight is 332 g/mol. The minimum atomic E-state index is 0.0450. The van der Waals surface area contributed by atoms with E-state index in [1.165, 1.54) is 12.8 Å². The number of methoxy groups -OCH3 is 1. The molecule has 1 aliphatic heterocycles. The molecule has 134 valence electrons. The third-order valence-electron chi connectivity index (χ3n) is 5.15. The maximum absolute atomic E-state index is 12.6. The summed E-state index contributed by atoms with van der Waals surface area (Å²) < 4.78 is 5.22. The number of rotatable bonds is 7. The lowest BCUT2D eigenvalue weighted by atomic mass is 9.84. The van der Waals surface area contributed by atoms with Gasteiger partial charge in [0.05, 0.1) is 13.2 Å². The summed E-state index contributed by atoms with van der Waals surface area (Å²) in [5.74, 6) is 2.45. The van der Waals surface area contributed by atoms with E-state index in [0.29, 0.717) is 24.2 Å². The molecule has 0 bridgehead atoms. The average Bonchev–Trinajstić information content (AvgIpc) is 2.60. The highest BCUT2D eigenvalue weighted by Crippen LogP contribution is 2.27. The van der Waals surface area contributed by atoms with Gasteiger partial charge in [0.15, 0.2) is 0 Å². The van der Waals surface area contributed by atoms with Crippen LogP contribution in [0, 0.1) is 17.8 Å². The lowest BCUT2D eigenvalue weighted by molar-refractivity contribution is -0.123. The Bertz CT molecular complexity index is 507. The van der Waals surface area contributed by atoms with E-state index in [1.54, 1.807) is 7.11 Å². The summed E-state index contributed by atoms with van der Waals surface area (Å²) in [5, 5.41) is 6.63. The Balaban J connectivity index is 1.94. The number of amides is 1. The summed E-state index contributed by atoms with van der Waals surface area (Å²) in [4.78, 5) is 12.6. The van der Waals surface area contributed by atoms with E-state index < -0.39 is 0 Å². The predicted molar refractivity (Wildman–Crippen MR) is 98.1 cm³/mol. The van der Waals surface area contributed by atoms with E-state index in [9.17, 15) is 4.79 Å². The van der Waals surface area contributed by atoms with E-state index in [-0.39, 0.29) is 11.9 Å². The molecule has 1 fully saturated rings. The highest BCUT2D eigenvalue weighted by atomic mass is 16.5. The van der Waals surface area contributed by atoms with Crippen molar-refractivity contribution in [2.75, 3.05) is 20.2 Å². The number of carbonyl (C=O) groups excluding carboxylic acids is 1. The first-order valence-electron chi connectivity index (χ1n) is 9.15. The van der Waals surface area contributed by atoms with Crippen molar-refractivity contribution in [3.05, 3.63) is 29.8 Å². The van der Waals surface area contributed by atoms with Crippen LogP contribution in [0.15, 0.2) is 24.3 Å². The molecule has 2 unspecified atom stereocenters. The van der Waals surface area contributed by atoms with Crippen molar-refractivity contribution in [1.29, 1.82) is 0 Å². The molecule has 1 aromatic rings. The van der Waals surface area contributed by atoms with Crippen LogP contribution in [-0.4, -0.2) is 26.1 Å². The van der Waals surface area contributed by atoms with E-state index in [1.807, 2.05) is 24.3 Å². The standard InChI is InChI=1S/C20H32N2O2/c1-14(2)20(17-5-7-18(24-4)8-6-17)22-19(23)13-15(3)16-9-11-21-12-10-16/h5-8,14-16,20-21H,9-13H2,1-4H3,(H,22,23). The molecular formula is C20H32N2O2. The fourth-order valence-electron chi connectivity index (χ4n) is 3.55. The van der Waals surface area contributed by atoms with Crippen molar-refractivity contribution >= 4 is 5.91 Å². The van der Waals surface area contributed by atoms with Crippen LogP contribution in [-0.2, 0) is 4.79 Å². The van der Waals surface area contributed by atoms with E-state index in [4.69, 9.17) is 4.74 Å². The molecule has 1 saturated heterocycles. The summed E-state index contributed by atoms with van der Waals surface area (Å²) in [7, 11) is 1.67. The van der Waals surface area contributed by atoms with Gasteiger partial charge in [-0.25, -0.2) is 0 Å². The van der Waals surface area contributed by atoms with Gasteiger partial charge < -0.3 is 15.4 Å². The highest BCUT2D eigenvalue weighted by Gasteiger charge is 2.24. The molecule has 24 heavy (non-hydrogen) atoms. The predicted octanol–water partition coefficient (Wildman–Crippen LogP) is 3.53. The van der Waals surface area contributed by atoms with Crippen molar-refractivity contribution in [3.8, 4) is 5.75 Å². The molecule has 0 aromatic heterocycles. The van der Waals surface area contributed by atoms with Gasteiger partial charge in [-0.1, -0.05) is 32.9 Å². The number of benzene rings is 1. The van der Waals surface area contributed by atoms with Crippen molar-refractivity contribution < 1.29 is 9.53 Å². The fourth-order valence-corrected chi connectivity index (χ4v) is 3.55. The van der Waals surface area contributed by atoms with Crippen LogP contribution >= 0.6 is 0 Å². The zero-order chi connectivity index (χ0) is 17.5. The van der Waals surface area contributed by atoms with Crippen LogP contribution < -0.4 is 15.4 Å². The Hall–Kier alpha value is -1.55. The summed E-state index contributed by atoms with van der Waals surface area (Å²) in [5.41, 5.74) is 1.13. The molecule has 0 spiro atoms. The maximum Gasteiger partial charge on any atom is 0.220 e. The lowest BCUT2D eigenvalue weighted by Crippen LogP contribution is -2.35. The zero-order valence-corrected chi connectivity index (χ0v) is 15.5. The Labute approximate surface area is 146 Å². The monoisotopic (exact) mass is 332 g/mol. The number of piperidine rings is 1. The van der Waals surface area contributed by atoms with Gasteiger partial charge in [-0.3, -0.25) is 4.79 Å². The molecular weight excluding hydrogens is 300 g/mol. The van der Waals surface area contributed by atoms with Crippen LogP contribution in [0.4, 0.5) is 0 Å². The Kier molecular flexibility index (Phi) is 7.10. The van der Waals surface area contributed by atoms with Gasteiger partial charge in [0.1, 0.15) is 5.75 Å². The maximum atomic E-state index is 12.6. The molecule has 1 amide bonds. The largest absolute Gasteiger partial charge is 0.497 e. The SMILES string of the molecule is COc1ccc(C(NC(=O)CC(C)C2CCNCC2)C(C)C)cc1. The van der Waals surface area contributed by atoms with Crippen molar-refractivity contribution in [2.45, 2.75) is 46.1 Å². The van der Waals surface area contributed by atoms with E-state index >= 15 is 0 Å². The molecule has 4 heteroatoms. The first kappa shape index (κ1) is 18.8. The van der Waals surface area contributed by atoms with Crippen LogP contribution in [0.1, 0.15) is 51.6 Å². The van der Waals surface area contributed by atoms with Gasteiger partial charge >= 0.3 is 0 Å². The van der Waals surface area contributed by atoms with Crippen LogP contribution in [0.5, 0.6) is 5.75 Å². The Morgan fingerprint density at radius 1 is 1.21 bits per heavy atom. The highest BCUT2D eigenvalue weighted by molar-refractivity contribution is 5.76. The lowest BCUT2D eigenvalue weighted by Gasteiger charge is -2.29. The van der Waals surface area contributed by atoms with E-state index in [2.05, 4.69) is 31.4 Å². The number of ether oxygens (including phenoxy) is 1. The quantitative estimate of drug-likeness (QED) is 0.803. The minimum Gasteiger partial charge on any atom is -0.497 e. The first-order chi connectivity index (χ1) is 11.5. The number of nitrogens with one attached hydrogen (secondary N) is 2. The summed E-state index contributed by atoms with van der Waals surface area (Å²) >= 11 is 0. The molecule has 1 aromatic carbocycles. The van der Waals surface area contributed by atoms with Gasteiger partial charge in [-0.2, -0.15) is 0 Å². The van der Waals surface area contributed by atoms with Crippen molar-refractivity contribution in [2.24, 2.45) is 17.8 Å². The Morgan fingerprint density at radius 3 is 2.38 bits per heavy atom. The first-order valence-corrected chi connectivity index (χ1v) is 9.15. The molecule has 0 saturated carbocycles. The minimum absolute atomic E-state index is 0.0450. The topological polar surface area (TPSA) is 50.4 Å². The number of hydrogen-bond donors (Lipinski definition) is 2. The molecule has 2 rings (SSSR count). The van der Waals surface area contributed by atoms with Gasteiger partial charge in [-0.15, -0.1) is 0 Å². The smallest absolute Gasteiger partial charge is 0.220 e. The molecule has 0 radical (unpaired) electrons. The van der Waals surface area contributed by atoms with Crippen molar-refractivity contribution in [3.63, 3.8) is 0 Å². The second-order valence-corrected chi connectivity index (χ2v) is 7.33. The molecule has 2 N–H and O–H groups in total. The molecule has 0 aliphatic carbocycles. The molecule has 4 nitrogen and oxygen atoms in total. The van der Waals surface area contributed by atoms with E-state index in [0.717, 1.165) is 24.4 Å². The fraction of sp³-hybridized carbons (Fsp3) is 0.650. The number of carbonyl (C=O) groups is 1. The summed E-state index contributed by atoms with van der Waals surface area (Å²) in [6.07, 6.45) is 2.98. The molecule has 2 atom stereocenters. The second kappa shape index (κ2) is 9.07. The van der Waals surface area contributed by atoms with Gasteiger partial charge in [-0.05, 0) is 61.4 Å².